The van der Waals surface area contributed by atoms with E-state index in [0.717, 1.165) is 11.1 Å². The molecule has 1 aliphatic rings. The SMILES string of the molecule is [2H]C([2H])([2H])n1ncc2c1-c1ccnc(c1)[C@@H](N)CCC[C@@H](C)C(=O)N2. The lowest BCUT2D eigenvalue weighted by Gasteiger charge is -2.17. The van der Waals surface area contributed by atoms with E-state index in [2.05, 4.69) is 15.4 Å². The Hall–Kier alpha value is -2.21. The van der Waals surface area contributed by atoms with Gasteiger partial charge < -0.3 is 11.1 Å². The summed E-state index contributed by atoms with van der Waals surface area (Å²) in [5.41, 5.74) is 8.23. The second kappa shape index (κ2) is 5.88. The highest BCUT2D eigenvalue weighted by Crippen LogP contribution is 2.30. The van der Waals surface area contributed by atoms with E-state index >= 15 is 0 Å². The number of fused-ring (bicyclic) bond motifs is 4. The molecule has 22 heavy (non-hydrogen) atoms. The molecule has 3 N–H and O–H groups in total. The highest BCUT2D eigenvalue weighted by molar-refractivity contribution is 5.95. The summed E-state index contributed by atoms with van der Waals surface area (Å²) in [6, 6.07) is 3.20. The molecule has 0 saturated carbocycles. The van der Waals surface area contributed by atoms with E-state index < -0.39 is 6.98 Å². The molecule has 1 amide bonds. The molecule has 2 aromatic heterocycles. The molecule has 0 unspecified atom stereocenters. The predicted molar refractivity (Wildman–Crippen MR) is 85.0 cm³/mol. The van der Waals surface area contributed by atoms with Crippen molar-refractivity contribution in [3.05, 3.63) is 30.2 Å². The average Bonchev–Trinajstić information content (AvgIpc) is 2.97. The van der Waals surface area contributed by atoms with Crippen LogP contribution in [0.15, 0.2) is 24.5 Å². The van der Waals surface area contributed by atoms with Crippen molar-refractivity contribution in [3.63, 3.8) is 0 Å². The standard InChI is InChI=1S/C16H21N5O/c1-10-4-3-5-12(17)13-8-11(6-7-18-13)15-14(20-16(10)22)9-19-21(15)2/h6-10,12H,3-5,17H2,1-2H3,(H,20,22)/t10-,12+/m1/s1/i2D3. The number of carbonyl (C=O) groups is 1. The molecule has 116 valence electrons. The summed E-state index contributed by atoms with van der Waals surface area (Å²) in [5.74, 6) is -0.364. The lowest BCUT2D eigenvalue weighted by Crippen LogP contribution is -2.21. The Balaban J connectivity index is 2.18. The number of carbonyl (C=O) groups excluding carboxylic acids is 1. The van der Waals surface area contributed by atoms with Crippen LogP contribution in [0, 0.1) is 5.92 Å². The first kappa shape index (κ1) is 11.4. The molecule has 0 fully saturated rings. The van der Waals surface area contributed by atoms with E-state index in [0.29, 0.717) is 35.5 Å². The van der Waals surface area contributed by atoms with Crippen molar-refractivity contribution in [1.29, 1.82) is 0 Å². The number of hydrogen-bond acceptors (Lipinski definition) is 4. The summed E-state index contributed by atoms with van der Waals surface area (Å²) in [5, 5.41) is 6.80. The van der Waals surface area contributed by atoms with Gasteiger partial charge in [0.2, 0.25) is 5.91 Å². The van der Waals surface area contributed by atoms with Crippen LogP contribution < -0.4 is 11.1 Å². The molecule has 2 aromatic rings. The first-order chi connectivity index (χ1) is 11.8. The number of aryl methyl sites for hydroxylation is 1. The topological polar surface area (TPSA) is 85.8 Å². The summed E-state index contributed by atoms with van der Waals surface area (Å²) in [6.45, 7) is -0.620. The zero-order valence-electron chi connectivity index (χ0n) is 15.4. The minimum atomic E-state index is -2.47. The Bertz CT molecular complexity index is 786. The molecular weight excluding hydrogens is 278 g/mol. The van der Waals surface area contributed by atoms with Crippen molar-refractivity contribution in [2.24, 2.45) is 18.6 Å². The minimum absolute atomic E-state index is 0.158. The van der Waals surface area contributed by atoms with Gasteiger partial charge in [-0.15, -0.1) is 0 Å². The van der Waals surface area contributed by atoms with Gasteiger partial charge in [-0.2, -0.15) is 5.10 Å². The average molecular weight is 302 g/mol. The maximum absolute atomic E-state index is 12.4. The molecule has 3 heterocycles. The Labute approximate surface area is 133 Å². The third-order valence-corrected chi connectivity index (χ3v) is 4.06. The van der Waals surface area contributed by atoms with Crippen molar-refractivity contribution in [2.75, 3.05) is 5.32 Å². The molecule has 1 aliphatic heterocycles. The molecule has 0 radical (unpaired) electrons. The van der Waals surface area contributed by atoms with Crippen molar-refractivity contribution < 1.29 is 8.91 Å². The number of aromatic nitrogens is 3. The van der Waals surface area contributed by atoms with Crippen LogP contribution in [0.2, 0.25) is 0 Å². The van der Waals surface area contributed by atoms with E-state index in [1.165, 1.54) is 6.20 Å². The summed E-state index contributed by atoms with van der Waals surface area (Å²) >= 11 is 0. The zero-order valence-corrected chi connectivity index (χ0v) is 12.4. The quantitative estimate of drug-likeness (QED) is 0.781. The van der Waals surface area contributed by atoms with Crippen LogP contribution in [-0.2, 0) is 11.8 Å². The van der Waals surface area contributed by atoms with Crippen molar-refractivity contribution in [3.8, 4) is 11.3 Å². The second-order valence-corrected chi connectivity index (χ2v) is 5.72. The Morgan fingerprint density at radius 3 is 3.18 bits per heavy atom. The minimum Gasteiger partial charge on any atom is -0.323 e. The highest BCUT2D eigenvalue weighted by Gasteiger charge is 2.20. The monoisotopic (exact) mass is 302 g/mol. The number of rotatable bonds is 0. The fraction of sp³-hybridized carbons (Fsp3) is 0.438. The summed E-state index contributed by atoms with van der Waals surface area (Å²) < 4.78 is 24.1. The fourth-order valence-corrected chi connectivity index (χ4v) is 2.69. The lowest BCUT2D eigenvalue weighted by atomic mass is 9.97. The van der Waals surface area contributed by atoms with Gasteiger partial charge in [0.1, 0.15) is 0 Å². The van der Waals surface area contributed by atoms with Crippen LogP contribution in [0.1, 0.15) is 42.0 Å². The Morgan fingerprint density at radius 1 is 1.50 bits per heavy atom. The number of nitrogens with one attached hydrogen (secondary N) is 1. The molecule has 6 nitrogen and oxygen atoms in total. The number of amides is 1. The molecule has 6 heteroatoms. The summed E-state index contributed by atoms with van der Waals surface area (Å²) in [7, 11) is 0. The maximum atomic E-state index is 12.4. The van der Waals surface area contributed by atoms with E-state index in [-0.39, 0.29) is 17.9 Å². The van der Waals surface area contributed by atoms with Gasteiger partial charge in [-0.05, 0) is 25.0 Å². The number of anilines is 1. The zero-order chi connectivity index (χ0) is 18.2. The summed E-state index contributed by atoms with van der Waals surface area (Å²) in [4.78, 5) is 16.7. The van der Waals surface area contributed by atoms with Gasteiger partial charge in [-0.3, -0.25) is 14.5 Å². The molecule has 2 bridgehead atoms. The number of nitrogens with two attached hydrogens (primary N) is 1. The van der Waals surface area contributed by atoms with E-state index in [9.17, 15) is 4.79 Å². The number of hydrogen-bond donors (Lipinski definition) is 2. The fourth-order valence-electron chi connectivity index (χ4n) is 2.69. The second-order valence-electron chi connectivity index (χ2n) is 5.72. The van der Waals surface area contributed by atoms with Crippen LogP contribution in [0.25, 0.3) is 11.3 Å². The van der Waals surface area contributed by atoms with Crippen LogP contribution >= 0.6 is 0 Å². The number of pyridine rings is 1. The van der Waals surface area contributed by atoms with Crippen LogP contribution in [0.3, 0.4) is 0 Å². The number of nitrogens with zero attached hydrogens (tertiary/aromatic N) is 3. The van der Waals surface area contributed by atoms with Gasteiger partial charge in [-0.1, -0.05) is 13.3 Å². The third-order valence-electron chi connectivity index (χ3n) is 4.06. The first-order valence-corrected chi connectivity index (χ1v) is 7.38. The Morgan fingerprint density at radius 2 is 2.36 bits per heavy atom. The van der Waals surface area contributed by atoms with Crippen molar-refractivity contribution >= 4 is 11.6 Å². The van der Waals surface area contributed by atoms with Crippen LogP contribution in [0.5, 0.6) is 0 Å². The van der Waals surface area contributed by atoms with Crippen LogP contribution in [0.4, 0.5) is 5.69 Å². The van der Waals surface area contributed by atoms with Gasteiger partial charge >= 0.3 is 0 Å². The predicted octanol–water partition coefficient (Wildman–Crippen LogP) is 2.24. The van der Waals surface area contributed by atoms with Gasteiger partial charge in [0, 0.05) is 34.8 Å². The smallest absolute Gasteiger partial charge is 0.227 e. The molecule has 0 spiro atoms. The molecular formula is C16H21N5O. The largest absolute Gasteiger partial charge is 0.323 e. The van der Waals surface area contributed by atoms with Crippen molar-refractivity contribution in [1.82, 2.24) is 14.8 Å². The molecule has 0 aromatic carbocycles. The normalized spacial score (nSPS) is 24.8. The summed E-state index contributed by atoms with van der Waals surface area (Å²) in [6.07, 6.45) is 5.18. The van der Waals surface area contributed by atoms with E-state index in [1.54, 1.807) is 18.3 Å². The van der Waals surface area contributed by atoms with Gasteiger partial charge in [0.15, 0.2) is 0 Å². The highest BCUT2D eigenvalue weighted by atomic mass is 16.1. The molecule has 3 rings (SSSR count). The van der Waals surface area contributed by atoms with Gasteiger partial charge in [0.05, 0.1) is 23.3 Å². The third kappa shape index (κ3) is 2.74. The lowest BCUT2D eigenvalue weighted by molar-refractivity contribution is -0.119. The van der Waals surface area contributed by atoms with Gasteiger partial charge in [0.25, 0.3) is 0 Å². The van der Waals surface area contributed by atoms with Crippen molar-refractivity contribution in [2.45, 2.75) is 32.2 Å². The molecule has 0 saturated heterocycles. The van der Waals surface area contributed by atoms with Crippen LogP contribution in [-0.4, -0.2) is 20.7 Å². The molecule has 0 aliphatic carbocycles. The molecule has 2 atom stereocenters. The van der Waals surface area contributed by atoms with E-state index in [4.69, 9.17) is 9.85 Å². The van der Waals surface area contributed by atoms with Gasteiger partial charge in [-0.25, -0.2) is 0 Å². The Kier molecular flexibility index (Phi) is 3.04. The van der Waals surface area contributed by atoms with E-state index in [1.807, 2.05) is 6.92 Å². The maximum Gasteiger partial charge on any atom is 0.227 e. The first-order valence-electron chi connectivity index (χ1n) is 8.88.